The summed E-state index contributed by atoms with van der Waals surface area (Å²) in [4.78, 5) is 8.83. The molecule has 0 saturated heterocycles. The van der Waals surface area contributed by atoms with Crippen LogP contribution in [0.4, 0.5) is 5.82 Å². The SMILES string of the molecule is CNCCCOCc1cccc(C(C)Nc2ncnc3c(C)csc23)c1. The maximum Gasteiger partial charge on any atom is 0.147 e. The van der Waals surface area contributed by atoms with E-state index in [9.17, 15) is 0 Å². The van der Waals surface area contributed by atoms with E-state index in [0.717, 1.165) is 35.6 Å². The Hall–Kier alpha value is -2.02. The first-order valence-electron chi connectivity index (χ1n) is 8.95. The van der Waals surface area contributed by atoms with E-state index in [1.165, 1.54) is 16.7 Å². The Labute approximate surface area is 158 Å². The van der Waals surface area contributed by atoms with Crippen molar-refractivity contribution in [3.8, 4) is 0 Å². The number of aryl methyl sites for hydroxylation is 1. The molecule has 2 aromatic heterocycles. The lowest BCUT2D eigenvalue weighted by molar-refractivity contribution is 0.119. The highest BCUT2D eigenvalue weighted by Gasteiger charge is 2.12. The first-order valence-corrected chi connectivity index (χ1v) is 9.83. The van der Waals surface area contributed by atoms with E-state index in [-0.39, 0.29) is 6.04 Å². The van der Waals surface area contributed by atoms with Crippen LogP contribution in [0.3, 0.4) is 0 Å². The van der Waals surface area contributed by atoms with Gasteiger partial charge in [-0.05, 0) is 55.9 Å². The highest BCUT2D eigenvalue weighted by molar-refractivity contribution is 7.18. The van der Waals surface area contributed by atoms with Gasteiger partial charge in [-0.2, -0.15) is 0 Å². The Balaban J connectivity index is 1.65. The summed E-state index contributed by atoms with van der Waals surface area (Å²) in [7, 11) is 1.96. The number of hydrogen-bond acceptors (Lipinski definition) is 6. The molecule has 0 saturated carbocycles. The molecule has 0 fully saturated rings. The normalized spacial score (nSPS) is 12.4. The molecular weight excluding hydrogens is 344 g/mol. The number of rotatable bonds is 9. The summed E-state index contributed by atoms with van der Waals surface area (Å²) in [6.07, 6.45) is 2.66. The fourth-order valence-corrected chi connectivity index (χ4v) is 3.81. The molecule has 6 heteroatoms. The molecule has 0 radical (unpaired) electrons. The van der Waals surface area contributed by atoms with Crippen molar-refractivity contribution in [1.82, 2.24) is 15.3 Å². The Morgan fingerprint density at radius 2 is 2.15 bits per heavy atom. The molecule has 138 valence electrons. The third-order valence-corrected chi connectivity index (χ3v) is 5.41. The van der Waals surface area contributed by atoms with Crippen LogP contribution in [0.2, 0.25) is 0 Å². The minimum atomic E-state index is 0.153. The van der Waals surface area contributed by atoms with Crippen LogP contribution in [0.1, 0.15) is 36.1 Å². The van der Waals surface area contributed by atoms with E-state index < -0.39 is 0 Å². The first kappa shape index (κ1) is 18.8. The molecule has 1 atom stereocenters. The molecular formula is C20H26N4OS. The van der Waals surface area contributed by atoms with Crippen LogP contribution in [-0.4, -0.2) is 30.2 Å². The molecule has 0 aliphatic carbocycles. The summed E-state index contributed by atoms with van der Waals surface area (Å²) >= 11 is 1.69. The smallest absolute Gasteiger partial charge is 0.147 e. The van der Waals surface area contributed by atoms with Crippen LogP contribution in [0, 0.1) is 6.92 Å². The van der Waals surface area contributed by atoms with Crippen LogP contribution in [0.25, 0.3) is 10.2 Å². The van der Waals surface area contributed by atoms with Gasteiger partial charge in [-0.1, -0.05) is 24.3 Å². The number of nitrogens with one attached hydrogen (secondary N) is 2. The number of hydrogen-bond donors (Lipinski definition) is 2. The van der Waals surface area contributed by atoms with Crippen molar-refractivity contribution < 1.29 is 4.74 Å². The van der Waals surface area contributed by atoms with Gasteiger partial charge in [0.2, 0.25) is 0 Å². The van der Waals surface area contributed by atoms with Crippen molar-refractivity contribution in [3.63, 3.8) is 0 Å². The number of aromatic nitrogens is 2. The van der Waals surface area contributed by atoms with Gasteiger partial charge in [-0.25, -0.2) is 9.97 Å². The molecule has 0 bridgehead atoms. The van der Waals surface area contributed by atoms with Crippen molar-refractivity contribution in [2.24, 2.45) is 0 Å². The largest absolute Gasteiger partial charge is 0.377 e. The Bertz CT molecular complexity index is 849. The van der Waals surface area contributed by atoms with Crippen molar-refractivity contribution in [2.45, 2.75) is 32.9 Å². The highest BCUT2D eigenvalue weighted by atomic mass is 32.1. The number of fused-ring (bicyclic) bond motifs is 1. The Kier molecular flexibility index (Phi) is 6.55. The lowest BCUT2D eigenvalue weighted by atomic mass is 10.1. The van der Waals surface area contributed by atoms with Crippen LogP contribution in [-0.2, 0) is 11.3 Å². The van der Waals surface area contributed by atoms with E-state index in [4.69, 9.17) is 4.74 Å². The average molecular weight is 371 g/mol. The predicted molar refractivity (Wildman–Crippen MR) is 109 cm³/mol. The Morgan fingerprint density at radius 3 is 3.00 bits per heavy atom. The molecule has 5 nitrogen and oxygen atoms in total. The van der Waals surface area contributed by atoms with Gasteiger partial charge in [0.05, 0.1) is 16.8 Å². The van der Waals surface area contributed by atoms with E-state index >= 15 is 0 Å². The molecule has 1 unspecified atom stereocenters. The number of thiophene rings is 1. The summed E-state index contributed by atoms with van der Waals surface area (Å²) in [5.41, 5.74) is 4.64. The zero-order valence-electron chi connectivity index (χ0n) is 15.6. The van der Waals surface area contributed by atoms with E-state index in [2.05, 4.69) is 64.1 Å². The maximum absolute atomic E-state index is 5.76. The molecule has 0 aliphatic heterocycles. The monoisotopic (exact) mass is 370 g/mol. The molecule has 2 heterocycles. The van der Waals surface area contributed by atoms with Crippen molar-refractivity contribution >= 4 is 27.4 Å². The minimum absolute atomic E-state index is 0.153. The zero-order chi connectivity index (χ0) is 18.4. The van der Waals surface area contributed by atoms with Gasteiger partial charge < -0.3 is 15.4 Å². The fraction of sp³-hybridized carbons (Fsp3) is 0.400. The van der Waals surface area contributed by atoms with Crippen LogP contribution < -0.4 is 10.6 Å². The standard InChI is InChI=1S/C20H26N4OS/c1-14-12-26-19-18(14)22-13-23-20(19)24-15(2)17-7-4-6-16(10-17)11-25-9-5-8-21-3/h4,6-7,10,12-13,15,21H,5,8-9,11H2,1-3H3,(H,22,23,24). The third-order valence-electron chi connectivity index (χ3n) is 4.32. The number of anilines is 1. The third kappa shape index (κ3) is 4.58. The van der Waals surface area contributed by atoms with Gasteiger partial charge in [-0.3, -0.25) is 0 Å². The average Bonchev–Trinajstić information content (AvgIpc) is 3.04. The van der Waals surface area contributed by atoms with Crippen LogP contribution >= 0.6 is 11.3 Å². The van der Waals surface area contributed by atoms with Gasteiger partial charge in [0.25, 0.3) is 0 Å². The van der Waals surface area contributed by atoms with Crippen molar-refractivity contribution in [3.05, 3.63) is 52.7 Å². The van der Waals surface area contributed by atoms with Gasteiger partial charge >= 0.3 is 0 Å². The molecule has 0 aliphatic rings. The van der Waals surface area contributed by atoms with Gasteiger partial charge in [0.1, 0.15) is 12.1 Å². The summed E-state index contributed by atoms with van der Waals surface area (Å²) in [6, 6.07) is 8.69. The number of nitrogens with zero attached hydrogens (tertiary/aromatic N) is 2. The van der Waals surface area contributed by atoms with E-state index in [1.807, 2.05) is 7.05 Å². The summed E-state index contributed by atoms with van der Waals surface area (Å²) in [6.45, 7) is 6.64. The highest BCUT2D eigenvalue weighted by Crippen LogP contribution is 2.30. The van der Waals surface area contributed by atoms with Crippen LogP contribution in [0.5, 0.6) is 0 Å². The maximum atomic E-state index is 5.76. The lowest BCUT2D eigenvalue weighted by Crippen LogP contribution is -2.11. The lowest BCUT2D eigenvalue weighted by Gasteiger charge is -2.16. The zero-order valence-corrected chi connectivity index (χ0v) is 16.4. The molecule has 1 aromatic carbocycles. The summed E-state index contributed by atoms with van der Waals surface area (Å²) in [5.74, 6) is 0.898. The topological polar surface area (TPSA) is 59.1 Å². The second kappa shape index (κ2) is 9.07. The summed E-state index contributed by atoms with van der Waals surface area (Å²) < 4.78 is 6.87. The van der Waals surface area contributed by atoms with Gasteiger partial charge in [-0.15, -0.1) is 11.3 Å². The number of ether oxygens (including phenoxy) is 1. The minimum Gasteiger partial charge on any atom is -0.377 e. The fourth-order valence-electron chi connectivity index (χ4n) is 2.85. The second-order valence-electron chi connectivity index (χ2n) is 6.44. The quantitative estimate of drug-likeness (QED) is 0.550. The molecule has 3 aromatic rings. The first-order chi connectivity index (χ1) is 12.7. The molecule has 0 spiro atoms. The van der Waals surface area contributed by atoms with Crippen molar-refractivity contribution in [2.75, 3.05) is 25.5 Å². The van der Waals surface area contributed by atoms with Gasteiger partial charge in [0, 0.05) is 12.6 Å². The molecule has 26 heavy (non-hydrogen) atoms. The van der Waals surface area contributed by atoms with E-state index in [1.54, 1.807) is 17.7 Å². The van der Waals surface area contributed by atoms with Crippen molar-refractivity contribution in [1.29, 1.82) is 0 Å². The summed E-state index contributed by atoms with van der Waals surface area (Å²) in [5, 5.41) is 8.79. The second-order valence-corrected chi connectivity index (χ2v) is 7.32. The number of benzene rings is 1. The van der Waals surface area contributed by atoms with Crippen LogP contribution in [0.15, 0.2) is 36.0 Å². The molecule has 2 N–H and O–H groups in total. The molecule has 3 rings (SSSR count). The van der Waals surface area contributed by atoms with E-state index in [0.29, 0.717) is 6.61 Å². The predicted octanol–water partition coefficient (Wildman–Crippen LogP) is 4.30. The van der Waals surface area contributed by atoms with Gasteiger partial charge in [0.15, 0.2) is 0 Å². The molecule has 0 amide bonds. The Morgan fingerprint density at radius 1 is 1.27 bits per heavy atom.